The van der Waals surface area contributed by atoms with Gasteiger partial charge < -0.3 is 9.84 Å². The summed E-state index contributed by atoms with van der Waals surface area (Å²) in [5.41, 5.74) is 0.662. The number of methoxy groups -OCH3 is 1. The number of hydrogen-bond acceptors (Lipinski definition) is 3. The van der Waals surface area contributed by atoms with Crippen LogP contribution in [0.3, 0.4) is 0 Å². The number of carboxylic acid groups (broad SMARTS) is 1. The first kappa shape index (κ1) is 12.7. The highest BCUT2D eigenvalue weighted by Gasteiger charge is 2.36. The van der Waals surface area contributed by atoms with Crippen molar-refractivity contribution < 1.29 is 19.4 Å². The van der Waals surface area contributed by atoms with Gasteiger partial charge in [-0.1, -0.05) is 19.4 Å². The van der Waals surface area contributed by atoms with Gasteiger partial charge in [0.1, 0.15) is 0 Å². The lowest BCUT2D eigenvalue weighted by atomic mass is 9.68. The molecule has 0 aromatic carbocycles. The molecule has 1 aliphatic rings. The summed E-state index contributed by atoms with van der Waals surface area (Å²) in [6.45, 7) is 3.94. The van der Waals surface area contributed by atoms with E-state index in [1.807, 2.05) is 13.8 Å². The maximum absolute atomic E-state index is 11.4. The molecule has 4 nitrogen and oxygen atoms in total. The van der Waals surface area contributed by atoms with Crippen LogP contribution in [-0.2, 0) is 14.3 Å². The van der Waals surface area contributed by atoms with Gasteiger partial charge in [0.2, 0.25) is 0 Å². The lowest BCUT2D eigenvalue weighted by Gasteiger charge is -2.36. The minimum Gasteiger partial charge on any atom is -0.478 e. The molecule has 0 spiro atoms. The average Bonchev–Trinajstić information content (AvgIpc) is 2.19. The van der Waals surface area contributed by atoms with Crippen LogP contribution in [-0.4, -0.2) is 24.2 Å². The highest BCUT2D eigenvalue weighted by Crippen LogP contribution is 2.43. The first-order valence-electron chi connectivity index (χ1n) is 5.38. The molecule has 0 aromatic rings. The molecular weight excluding hydrogens is 208 g/mol. The number of ether oxygens (including phenoxy) is 1. The summed E-state index contributed by atoms with van der Waals surface area (Å²) in [5, 5.41) is 8.75. The highest BCUT2D eigenvalue weighted by atomic mass is 16.5. The molecule has 0 aromatic heterocycles. The van der Waals surface area contributed by atoms with Crippen LogP contribution in [0.25, 0.3) is 0 Å². The first-order chi connectivity index (χ1) is 7.36. The molecule has 1 saturated carbocycles. The van der Waals surface area contributed by atoms with Gasteiger partial charge in [0.25, 0.3) is 0 Å². The van der Waals surface area contributed by atoms with Gasteiger partial charge in [-0.15, -0.1) is 0 Å². The standard InChI is InChI=1S/C12H18O4/c1-12(2)7-8(11(15)16-3)4-5-9(12)6-10(13)14/h6,8H,4-5,7H2,1-3H3,(H,13,14)/b9-6+. The van der Waals surface area contributed by atoms with Crippen molar-refractivity contribution in [3.05, 3.63) is 11.6 Å². The Kier molecular flexibility index (Phi) is 3.73. The normalized spacial score (nSPS) is 26.4. The van der Waals surface area contributed by atoms with E-state index in [0.29, 0.717) is 19.3 Å². The summed E-state index contributed by atoms with van der Waals surface area (Å²) in [6.07, 6.45) is 3.25. The third-order valence-electron chi connectivity index (χ3n) is 3.22. The van der Waals surface area contributed by atoms with E-state index in [9.17, 15) is 9.59 Å². The first-order valence-corrected chi connectivity index (χ1v) is 5.38. The number of hydrogen-bond donors (Lipinski definition) is 1. The molecule has 90 valence electrons. The lowest BCUT2D eigenvalue weighted by Crippen LogP contribution is -2.31. The lowest BCUT2D eigenvalue weighted by molar-refractivity contribution is -0.147. The molecule has 0 radical (unpaired) electrons. The van der Waals surface area contributed by atoms with Crippen molar-refractivity contribution in [1.82, 2.24) is 0 Å². The zero-order valence-corrected chi connectivity index (χ0v) is 9.95. The summed E-state index contributed by atoms with van der Waals surface area (Å²) in [4.78, 5) is 22.1. The maximum Gasteiger partial charge on any atom is 0.328 e. The number of esters is 1. The smallest absolute Gasteiger partial charge is 0.328 e. The van der Waals surface area contributed by atoms with E-state index in [-0.39, 0.29) is 17.3 Å². The van der Waals surface area contributed by atoms with Crippen molar-refractivity contribution in [2.75, 3.05) is 7.11 Å². The van der Waals surface area contributed by atoms with Crippen LogP contribution in [0.5, 0.6) is 0 Å². The second-order valence-electron chi connectivity index (χ2n) is 4.85. The van der Waals surface area contributed by atoms with Gasteiger partial charge >= 0.3 is 11.9 Å². The maximum atomic E-state index is 11.4. The summed E-state index contributed by atoms with van der Waals surface area (Å²) in [7, 11) is 1.39. The molecule has 0 heterocycles. The Balaban J connectivity index is 2.81. The molecule has 0 aliphatic heterocycles. The predicted molar refractivity (Wildman–Crippen MR) is 58.9 cm³/mol. The SMILES string of the molecule is COC(=O)C1CC/C(=C\C(=O)O)C(C)(C)C1. The number of carboxylic acids is 1. The molecule has 1 fully saturated rings. The Morgan fingerprint density at radius 3 is 2.56 bits per heavy atom. The van der Waals surface area contributed by atoms with E-state index < -0.39 is 5.97 Å². The third kappa shape index (κ3) is 2.84. The molecule has 1 unspecified atom stereocenters. The van der Waals surface area contributed by atoms with E-state index in [1.54, 1.807) is 0 Å². The van der Waals surface area contributed by atoms with Crippen LogP contribution in [0.4, 0.5) is 0 Å². The van der Waals surface area contributed by atoms with Crippen LogP contribution < -0.4 is 0 Å². The van der Waals surface area contributed by atoms with Gasteiger partial charge in [-0.05, 0) is 24.7 Å². The van der Waals surface area contributed by atoms with Crippen LogP contribution in [0.2, 0.25) is 0 Å². The minimum atomic E-state index is -0.917. The summed E-state index contributed by atoms with van der Waals surface area (Å²) in [5.74, 6) is -1.21. The van der Waals surface area contributed by atoms with Gasteiger partial charge in [-0.3, -0.25) is 4.79 Å². The predicted octanol–water partition coefficient (Wildman–Crippen LogP) is 2.00. The Morgan fingerprint density at radius 2 is 2.12 bits per heavy atom. The van der Waals surface area contributed by atoms with Crippen LogP contribution in [0.1, 0.15) is 33.1 Å². The number of allylic oxidation sites excluding steroid dienone is 1. The van der Waals surface area contributed by atoms with E-state index in [2.05, 4.69) is 0 Å². The summed E-state index contributed by atoms with van der Waals surface area (Å²) < 4.78 is 4.72. The third-order valence-corrected chi connectivity index (χ3v) is 3.22. The van der Waals surface area contributed by atoms with Crippen molar-refractivity contribution >= 4 is 11.9 Å². The second kappa shape index (κ2) is 4.68. The number of carbonyl (C=O) groups is 2. The monoisotopic (exact) mass is 226 g/mol. The van der Waals surface area contributed by atoms with Gasteiger partial charge in [0.05, 0.1) is 13.0 Å². The van der Waals surface area contributed by atoms with Crippen LogP contribution in [0, 0.1) is 11.3 Å². The molecule has 1 aliphatic carbocycles. The molecule has 4 heteroatoms. The number of rotatable bonds is 2. The average molecular weight is 226 g/mol. The van der Waals surface area contributed by atoms with Gasteiger partial charge in [-0.2, -0.15) is 0 Å². The zero-order valence-electron chi connectivity index (χ0n) is 9.95. The van der Waals surface area contributed by atoms with E-state index in [0.717, 1.165) is 5.57 Å². The van der Waals surface area contributed by atoms with Gasteiger partial charge in [0, 0.05) is 6.08 Å². The zero-order chi connectivity index (χ0) is 12.3. The fraction of sp³-hybridized carbons (Fsp3) is 0.667. The molecule has 1 atom stereocenters. The van der Waals surface area contributed by atoms with E-state index in [1.165, 1.54) is 13.2 Å². The Hall–Kier alpha value is -1.32. The Morgan fingerprint density at radius 1 is 1.50 bits per heavy atom. The Bertz CT molecular complexity index is 328. The van der Waals surface area contributed by atoms with E-state index in [4.69, 9.17) is 9.84 Å². The molecular formula is C12H18O4. The topological polar surface area (TPSA) is 63.6 Å². The quantitative estimate of drug-likeness (QED) is 0.577. The van der Waals surface area contributed by atoms with Crippen molar-refractivity contribution in [3.8, 4) is 0 Å². The molecule has 0 saturated heterocycles. The molecule has 0 amide bonds. The minimum absolute atomic E-state index is 0.106. The molecule has 1 rings (SSSR count). The summed E-state index contributed by atoms with van der Waals surface area (Å²) in [6, 6.07) is 0. The Labute approximate surface area is 95.3 Å². The second-order valence-corrected chi connectivity index (χ2v) is 4.85. The van der Waals surface area contributed by atoms with Crippen LogP contribution >= 0.6 is 0 Å². The summed E-state index contributed by atoms with van der Waals surface area (Å²) >= 11 is 0. The van der Waals surface area contributed by atoms with Crippen molar-refractivity contribution in [1.29, 1.82) is 0 Å². The highest BCUT2D eigenvalue weighted by molar-refractivity contribution is 5.81. The fourth-order valence-electron chi connectivity index (χ4n) is 2.30. The largest absolute Gasteiger partial charge is 0.478 e. The van der Waals surface area contributed by atoms with E-state index >= 15 is 0 Å². The van der Waals surface area contributed by atoms with Crippen molar-refractivity contribution in [2.24, 2.45) is 11.3 Å². The van der Waals surface area contributed by atoms with Crippen molar-refractivity contribution in [2.45, 2.75) is 33.1 Å². The molecule has 16 heavy (non-hydrogen) atoms. The fourth-order valence-corrected chi connectivity index (χ4v) is 2.30. The molecule has 0 bridgehead atoms. The van der Waals surface area contributed by atoms with Crippen LogP contribution in [0.15, 0.2) is 11.6 Å². The van der Waals surface area contributed by atoms with Gasteiger partial charge in [0.15, 0.2) is 0 Å². The van der Waals surface area contributed by atoms with Crippen molar-refractivity contribution in [3.63, 3.8) is 0 Å². The number of carbonyl (C=O) groups excluding carboxylic acids is 1. The van der Waals surface area contributed by atoms with Gasteiger partial charge in [-0.25, -0.2) is 4.79 Å². The number of aliphatic carboxylic acids is 1. The molecule has 1 N–H and O–H groups in total.